The van der Waals surface area contributed by atoms with Crippen LogP contribution in [0.25, 0.3) is 10.9 Å². The van der Waals surface area contributed by atoms with Gasteiger partial charge in [-0.1, -0.05) is 11.6 Å². The van der Waals surface area contributed by atoms with Crippen LogP contribution in [-0.4, -0.2) is 16.1 Å². The van der Waals surface area contributed by atoms with Crippen LogP contribution >= 0.6 is 11.6 Å². The molecule has 1 heterocycles. The number of halogens is 1. The number of rotatable bonds is 2. The van der Waals surface area contributed by atoms with Crippen LogP contribution in [0.3, 0.4) is 0 Å². The Kier molecular flexibility index (Phi) is 2.75. The zero-order chi connectivity index (χ0) is 11.5. The molecule has 16 heavy (non-hydrogen) atoms. The Balaban J connectivity index is 2.39. The van der Waals surface area contributed by atoms with Gasteiger partial charge < -0.3 is 5.32 Å². The van der Waals surface area contributed by atoms with Crippen LogP contribution in [0, 0.1) is 11.3 Å². The van der Waals surface area contributed by atoms with E-state index in [0.29, 0.717) is 16.2 Å². The smallest absolute Gasteiger partial charge is 0.238 e. The molecule has 0 aliphatic rings. The second-order valence-corrected chi connectivity index (χ2v) is 3.54. The fraction of sp³-hybridized carbons (Fsp3) is 0.100. The van der Waals surface area contributed by atoms with Crippen molar-refractivity contribution in [3.05, 3.63) is 23.4 Å². The number of nitrogens with zero attached hydrogens (tertiary/aromatic N) is 2. The Morgan fingerprint density at radius 3 is 3.19 bits per heavy atom. The lowest BCUT2D eigenvalue weighted by molar-refractivity contribution is -0.115. The highest BCUT2D eigenvalue weighted by molar-refractivity contribution is 6.35. The van der Waals surface area contributed by atoms with E-state index in [1.54, 1.807) is 24.4 Å². The van der Waals surface area contributed by atoms with Crippen LogP contribution in [0.5, 0.6) is 0 Å². The molecular formula is C10H7ClN4O. The lowest BCUT2D eigenvalue weighted by Crippen LogP contribution is -2.10. The number of benzene rings is 1. The molecule has 5 nitrogen and oxygen atoms in total. The number of aromatic nitrogens is 2. The molecule has 1 aromatic heterocycles. The molecular weight excluding hydrogens is 228 g/mol. The minimum absolute atomic E-state index is 0.182. The van der Waals surface area contributed by atoms with Crippen molar-refractivity contribution in [2.75, 3.05) is 5.32 Å². The minimum Gasteiger partial charge on any atom is -0.323 e. The van der Waals surface area contributed by atoms with E-state index >= 15 is 0 Å². The molecule has 0 fully saturated rings. The van der Waals surface area contributed by atoms with Gasteiger partial charge in [0.2, 0.25) is 5.91 Å². The summed E-state index contributed by atoms with van der Waals surface area (Å²) in [6, 6.07) is 5.11. The van der Waals surface area contributed by atoms with E-state index in [1.165, 1.54) is 0 Å². The molecule has 1 aromatic carbocycles. The normalized spacial score (nSPS) is 10.0. The lowest BCUT2D eigenvalue weighted by atomic mass is 10.2. The molecule has 0 saturated heterocycles. The predicted octanol–water partition coefficient (Wildman–Crippen LogP) is 2.07. The number of anilines is 1. The summed E-state index contributed by atoms with van der Waals surface area (Å²) >= 11 is 5.94. The number of hydrogen-bond acceptors (Lipinski definition) is 3. The van der Waals surface area contributed by atoms with Crippen LogP contribution in [0.2, 0.25) is 5.02 Å². The third-order valence-corrected chi connectivity index (χ3v) is 2.41. The quantitative estimate of drug-likeness (QED) is 0.835. The largest absolute Gasteiger partial charge is 0.323 e. The van der Waals surface area contributed by atoms with Crippen molar-refractivity contribution < 1.29 is 4.79 Å². The molecule has 0 saturated carbocycles. The summed E-state index contributed by atoms with van der Waals surface area (Å²) in [6.45, 7) is 0. The fourth-order valence-electron chi connectivity index (χ4n) is 1.37. The highest BCUT2D eigenvalue weighted by atomic mass is 35.5. The number of amides is 1. The van der Waals surface area contributed by atoms with Gasteiger partial charge in [-0.2, -0.15) is 10.4 Å². The first-order valence-corrected chi connectivity index (χ1v) is 4.88. The Morgan fingerprint density at radius 2 is 2.44 bits per heavy atom. The monoisotopic (exact) mass is 234 g/mol. The number of nitriles is 1. The standard InChI is InChI=1S/C10H7ClN4O/c11-7-1-2-8(14-9(16)3-4-12)10-6(7)5-13-15-10/h1-2,5H,3H2,(H,13,15)(H,14,16). The van der Waals surface area contributed by atoms with Crippen LogP contribution in [0.4, 0.5) is 5.69 Å². The molecule has 1 amide bonds. The van der Waals surface area contributed by atoms with Gasteiger partial charge in [0, 0.05) is 5.39 Å². The van der Waals surface area contributed by atoms with Crippen molar-refractivity contribution in [3.8, 4) is 6.07 Å². The van der Waals surface area contributed by atoms with Crippen molar-refractivity contribution in [1.29, 1.82) is 5.26 Å². The van der Waals surface area contributed by atoms with E-state index in [2.05, 4.69) is 15.5 Å². The first-order valence-electron chi connectivity index (χ1n) is 4.50. The molecule has 2 aromatic rings. The van der Waals surface area contributed by atoms with Crippen LogP contribution in [-0.2, 0) is 4.79 Å². The van der Waals surface area contributed by atoms with Gasteiger partial charge in [-0.25, -0.2) is 0 Å². The van der Waals surface area contributed by atoms with Gasteiger partial charge in [-0.15, -0.1) is 0 Å². The Hall–Kier alpha value is -2.06. The van der Waals surface area contributed by atoms with Gasteiger partial charge >= 0.3 is 0 Å². The van der Waals surface area contributed by atoms with E-state index < -0.39 is 0 Å². The van der Waals surface area contributed by atoms with Gasteiger partial charge in [0.1, 0.15) is 6.42 Å². The zero-order valence-corrected chi connectivity index (χ0v) is 8.88. The highest BCUT2D eigenvalue weighted by Gasteiger charge is 2.09. The number of carbonyl (C=O) groups is 1. The maximum atomic E-state index is 11.3. The maximum absolute atomic E-state index is 11.3. The molecule has 2 rings (SSSR count). The van der Waals surface area contributed by atoms with Gasteiger partial charge in [-0.3, -0.25) is 9.89 Å². The predicted molar refractivity (Wildman–Crippen MR) is 60.0 cm³/mol. The van der Waals surface area contributed by atoms with Crippen LogP contribution in [0.15, 0.2) is 18.3 Å². The maximum Gasteiger partial charge on any atom is 0.238 e. The first kappa shape index (κ1) is 10.5. The third kappa shape index (κ3) is 1.83. The average molecular weight is 235 g/mol. The Labute approximate surface area is 96.0 Å². The number of nitrogens with one attached hydrogen (secondary N) is 2. The summed E-state index contributed by atoms with van der Waals surface area (Å²) in [6.07, 6.45) is 1.40. The minimum atomic E-state index is -0.360. The number of aromatic amines is 1. The van der Waals surface area contributed by atoms with Crippen molar-refractivity contribution in [2.45, 2.75) is 6.42 Å². The number of hydrogen-bond donors (Lipinski definition) is 2. The van der Waals surface area contributed by atoms with E-state index in [1.807, 2.05) is 0 Å². The lowest BCUT2D eigenvalue weighted by Gasteiger charge is -2.04. The van der Waals surface area contributed by atoms with Crippen molar-refractivity contribution in [1.82, 2.24) is 10.2 Å². The Bertz CT molecular complexity index is 584. The summed E-state index contributed by atoms with van der Waals surface area (Å²) in [5.74, 6) is -0.360. The van der Waals surface area contributed by atoms with E-state index in [-0.39, 0.29) is 12.3 Å². The van der Waals surface area contributed by atoms with Crippen LogP contribution < -0.4 is 5.32 Å². The molecule has 0 aliphatic heterocycles. The Morgan fingerprint density at radius 1 is 1.62 bits per heavy atom. The second-order valence-electron chi connectivity index (χ2n) is 3.14. The van der Waals surface area contributed by atoms with Crippen LogP contribution in [0.1, 0.15) is 6.42 Å². The summed E-state index contributed by atoms with van der Waals surface area (Å²) in [5.41, 5.74) is 1.22. The summed E-state index contributed by atoms with van der Waals surface area (Å²) in [4.78, 5) is 11.3. The SMILES string of the molecule is N#CCC(=O)Nc1ccc(Cl)c2cn[nH]c12. The summed E-state index contributed by atoms with van der Waals surface area (Å²) in [7, 11) is 0. The molecule has 2 N–H and O–H groups in total. The number of H-pyrrole nitrogens is 1. The van der Waals surface area contributed by atoms with Gasteiger partial charge in [0.25, 0.3) is 0 Å². The first-order chi connectivity index (χ1) is 7.72. The van der Waals surface area contributed by atoms with Crippen molar-refractivity contribution in [3.63, 3.8) is 0 Å². The van der Waals surface area contributed by atoms with Gasteiger partial charge in [0.05, 0.1) is 28.5 Å². The molecule has 0 spiro atoms. The summed E-state index contributed by atoms with van der Waals surface area (Å²) in [5, 5.41) is 18.9. The third-order valence-electron chi connectivity index (χ3n) is 2.08. The topological polar surface area (TPSA) is 81.6 Å². The van der Waals surface area contributed by atoms with E-state index in [0.717, 1.165) is 5.39 Å². The van der Waals surface area contributed by atoms with Crippen molar-refractivity contribution in [2.24, 2.45) is 0 Å². The van der Waals surface area contributed by atoms with Gasteiger partial charge in [-0.05, 0) is 12.1 Å². The highest BCUT2D eigenvalue weighted by Crippen LogP contribution is 2.27. The molecule has 0 radical (unpaired) electrons. The van der Waals surface area contributed by atoms with E-state index in [9.17, 15) is 4.79 Å². The molecule has 0 aliphatic carbocycles. The molecule has 6 heteroatoms. The summed E-state index contributed by atoms with van der Waals surface area (Å²) < 4.78 is 0. The zero-order valence-electron chi connectivity index (χ0n) is 8.12. The molecule has 0 unspecified atom stereocenters. The number of fused-ring (bicyclic) bond motifs is 1. The molecule has 0 bridgehead atoms. The van der Waals surface area contributed by atoms with Gasteiger partial charge in [0.15, 0.2) is 0 Å². The second kappa shape index (κ2) is 4.21. The molecule has 80 valence electrons. The van der Waals surface area contributed by atoms with Crippen molar-refractivity contribution >= 4 is 34.1 Å². The molecule has 0 atom stereocenters. The average Bonchev–Trinajstić information content (AvgIpc) is 2.72. The number of carbonyl (C=O) groups excluding carboxylic acids is 1. The fourth-order valence-corrected chi connectivity index (χ4v) is 1.58. The van der Waals surface area contributed by atoms with E-state index in [4.69, 9.17) is 16.9 Å².